The zero-order valence-electron chi connectivity index (χ0n) is 11.7. The van der Waals surface area contributed by atoms with Gasteiger partial charge in [-0.15, -0.1) is 0 Å². The number of nitrogens with zero attached hydrogens (tertiary/aromatic N) is 2. The molecule has 1 radical (unpaired) electrons. The molecule has 0 saturated carbocycles. The molecule has 0 fully saturated rings. The molecule has 4 nitrogen and oxygen atoms in total. The second kappa shape index (κ2) is 5.84. The number of nitrogens with one attached hydrogen (secondary N) is 1. The largest absolute Gasteiger partial charge is 0.541 e. The first-order chi connectivity index (χ1) is 9.06. The summed E-state index contributed by atoms with van der Waals surface area (Å²) >= 11 is 0. The highest BCUT2D eigenvalue weighted by atomic mass is 28.3. The van der Waals surface area contributed by atoms with Crippen LogP contribution in [-0.2, 0) is 0 Å². The van der Waals surface area contributed by atoms with Crippen molar-refractivity contribution < 1.29 is 4.43 Å². The summed E-state index contributed by atoms with van der Waals surface area (Å²) in [7, 11) is -0.800. The maximum absolute atomic E-state index is 5.89. The Bertz CT molecular complexity index is 576. The van der Waals surface area contributed by atoms with E-state index >= 15 is 0 Å². The molecule has 0 bridgehead atoms. The summed E-state index contributed by atoms with van der Waals surface area (Å²) in [6.45, 7) is 8.24. The number of H-pyrrole nitrogens is 1. The molecule has 1 heterocycles. The molecule has 2 aromatic rings. The smallest absolute Gasteiger partial charge is 0.274 e. The van der Waals surface area contributed by atoms with Crippen LogP contribution >= 0.6 is 0 Å². The van der Waals surface area contributed by atoms with E-state index in [1.54, 1.807) is 12.5 Å². The Kier molecular flexibility index (Phi) is 4.16. The average molecular weight is 272 g/mol. The van der Waals surface area contributed by atoms with Crippen LogP contribution in [0.4, 0.5) is 5.69 Å². The molecule has 1 aromatic heterocycles. The second-order valence-electron chi connectivity index (χ2n) is 4.64. The van der Waals surface area contributed by atoms with Crippen LogP contribution in [0.3, 0.4) is 0 Å². The van der Waals surface area contributed by atoms with Crippen LogP contribution in [0.2, 0.25) is 13.1 Å². The Balaban J connectivity index is 2.37. The lowest BCUT2D eigenvalue weighted by atomic mass is 10.2. The quantitative estimate of drug-likeness (QED) is 0.684. The lowest BCUT2D eigenvalue weighted by Gasteiger charge is -2.12. The molecule has 0 saturated heterocycles. The SMILES string of the molecule is CC(=Nc1cc(C)ccc1O[Si](C)C)c1cnc[nH]1. The Labute approximate surface area is 115 Å². The van der Waals surface area contributed by atoms with E-state index in [1.165, 1.54) is 5.56 Å². The minimum Gasteiger partial charge on any atom is -0.541 e. The molecule has 0 atom stereocenters. The van der Waals surface area contributed by atoms with Crippen LogP contribution in [0.15, 0.2) is 35.7 Å². The summed E-state index contributed by atoms with van der Waals surface area (Å²) < 4.78 is 5.89. The van der Waals surface area contributed by atoms with E-state index in [0.29, 0.717) is 0 Å². The van der Waals surface area contributed by atoms with Crippen molar-refractivity contribution in [2.75, 3.05) is 0 Å². The minimum atomic E-state index is -0.800. The lowest BCUT2D eigenvalue weighted by Crippen LogP contribution is -2.11. The molecular weight excluding hydrogens is 254 g/mol. The van der Waals surface area contributed by atoms with Crippen molar-refractivity contribution in [1.82, 2.24) is 9.97 Å². The van der Waals surface area contributed by atoms with Gasteiger partial charge in [0.2, 0.25) is 0 Å². The van der Waals surface area contributed by atoms with Gasteiger partial charge in [-0.25, -0.2) is 9.98 Å². The van der Waals surface area contributed by atoms with Crippen molar-refractivity contribution in [3.8, 4) is 5.75 Å². The van der Waals surface area contributed by atoms with Crippen LogP contribution in [0.1, 0.15) is 18.2 Å². The van der Waals surface area contributed by atoms with Gasteiger partial charge in [-0.05, 0) is 44.6 Å². The fraction of sp³-hybridized carbons (Fsp3) is 0.286. The Morgan fingerprint density at radius 1 is 1.37 bits per heavy atom. The monoisotopic (exact) mass is 272 g/mol. The van der Waals surface area contributed by atoms with E-state index in [2.05, 4.69) is 35.0 Å². The lowest BCUT2D eigenvalue weighted by molar-refractivity contribution is 0.582. The van der Waals surface area contributed by atoms with Crippen molar-refractivity contribution >= 4 is 20.4 Å². The van der Waals surface area contributed by atoms with Crippen molar-refractivity contribution in [2.24, 2.45) is 4.99 Å². The molecule has 5 heteroatoms. The molecule has 1 N–H and O–H groups in total. The van der Waals surface area contributed by atoms with E-state index in [9.17, 15) is 0 Å². The molecular formula is C14H18N3OSi. The summed E-state index contributed by atoms with van der Waals surface area (Å²) in [5.41, 5.74) is 3.86. The van der Waals surface area contributed by atoms with Crippen molar-refractivity contribution in [3.63, 3.8) is 0 Å². The maximum Gasteiger partial charge on any atom is 0.274 e. The highest BCUT2D eigenvalue weighted by Gasteiger charge is 2.08. The third-order valence-electron chi connectivity index (χ3n) is 2.60. The number of hydrogen-bond acceptors (Lipinski definition) is 3. The molecule has 0 spiro atoms. The normalized spacial score (nSPS) is 11.9. The first kappa shape index (κ1) is 13.5. The number of aryl methyl sites for hydroxylation is 1. The number of aliphatic imine (C=N–C) groups is 1. The second-order valence-corrected chi connectivity index (χ2v) is 6.66. The van der Waals surface area contributed by atoms with Crippen LogP contribution < -0.4 is 4.43 Å². The van der Waals surface area contributed by atoms with Crippen LogP contribution in [0.25, 0.3) is 0 Å². The molecule has 0 unspecified atom stereocenters. The zero-order chi connectivity index (χ0) is 13.8. The molecule has 0 aliphatic rings. The summed E-state index contributed by atoms with van der Waals surface area (Å²) in [5.74, 6) is 0.850. The highest BCUT2D eigenvalue weighted by Crippen LogP contribution is 2.29. The summed E-state index contributed by atoms with van der Waals surface area (Å²) in [6, 6.07) is 6.08. The molecule has 19 heavy (non-hydrogen) atoms. The van der Waals surface area contributed by atoms with Crippen molar-refractivity contribution in [2.45, 2.75) is 26.9 Å². The van der Waals surface area contributed by atoms with Crippen LogP contribution in [0.5, 0.6) is 5.75 Å². The van der Waals surface area contributed by atoms with Gasteiger partial charge in [-0.1, -0.05) is 6.07 Å². The molecule has 0 aliphatic heterocycles. The van der Waals surface area contributed by atoms with E-state index in [4.69, 9.17) is 4.43 Å². The van der Waals surface area contributed by atoms with E-state index in [0.717, 1.165) is 22.8 Å². The van der Waals surface area contributed by atoms with E-state index in [-0.39, 0.29) is 0 Å². The molecule has 2 rings (SSSR count). The van der Waals surface area contributed by atoms with Gasteiger partial charge in [0.25, 0.3) is 9.04 Å². The summed E-state index contributed by atoms with van der Waals surface area (Å²) in [6.07, 6.45) is 3.42. The van der Waals surface area contributed by atoms with Crippen molar-refractivity contribution in [1.29, 1.82) is 0 Å². The fourth-order valence-electron chi connectivity index (χ4n) is 1.72. The topological polar surface area (TPSA) is 50.3 Å². The average Bonchev–Trinajstić information content (AvgIpc) is 2.86. The number of rotatable bonds is 4. The van der Waals surface area contributed by atoms with E-state index < -0.39 is 9.04 Å². The fourth-order valence-corrected chi connectivity index (χ4v) is 2.33. The summed E-state index contributed by atoms with van der Waals surface area (Å²) in [5, 5.41) is 0. The number of aromatic amines is 1. The van der Waals surface area contributed by atoms with Gasteiger partial charge in [-0.3, -0.25) is 0 Å². The van der Waals surface area contributed by atoms with Gasteiger partial charge in [0.1, 0.15) is 11.4 Å². The van der Waals surface area contributed by atoms with Gasteiger partial charge in [-0.2, -0.15) is 0 Å². The highest BCUT2D eigenvalue weighted by molar-refractivity contribution is 6.49. The van der Waals surface area contributed by atoms with Gasteiger partial charge < -0.3 is 9.41 Å². The first-order valence-electron chi connectivity index (χ1n) is 6.19. The van der Waals surface area contributed by atoms with Crippen LogP contribution in [-0.4, -0.2) is 24.7 Å². The number of imidazole rings is 1. The number of aromatic nitrogens is 2. The zero-order valence-corrected chi connectivity index (χ0v) is 12.7. The number of hydrogen-bond donors (Lipinski definition) is 1. The Morgan fingerprint density at radius 3 is 2.79 bits per heavy atom. The Morgan fingerprint density at radius 2 is 2.16 bits per heavy atom. The Hall–Kier alpha value is -1.88. The summed E-state index contributed by atoms with van der Waals surface area (Å²) in [4.78, 5) is 11.7. The maximum atomic E-state index is 5.89. The molecule has 99 valence electrons. The van der Waals surface area contributed by atoms with Gasteiger partial charge in [0.15, 0.2) is 0 Å². The third kappa shape index (κ3) is 3.54. The third-order valence-corrected chi connectivity index (χ3v) is 3.23. The van der Waals surface area contributed by atoms with Gasteiger partial charge >= 0.3 is 0 Å². The molecule has 0 amide bonds. The standard InChI is InChI=1S/C14H18N3OSi/c1-10-5-6-14(18-19(3)4)12(7-10)17-11(2)13-8-15-9-16-13/h5-9H,1-4H3,(H,15,16). The predicted molar refractivity (Wildman–Crippen MR) is 79.7 cm³/mol. The molecule has 0 aliphatic carbocycles. The van der Waals surface area contributed by atoms with E-state index in [1.807, 2.05) is 25.1 Å². The van der Waals surface area contributed by atoms with Crippen LogP contribution in [0, 0.1) is 6.92 Å². The van der Waals surface area contributed by atoms with Crippen molar-refractivity contribution in [3.05, 3.63) is 42.0 Å². The minimum absolute atomic E-state index is 0.800. The van der Waals surface area contributed by atoms with Gasteiger partial charge in [0, 0.05) is 0 Å². The first-order valence-corrected chi connectivity index (χ1v) is 8.60. The molecule has 1 aromatic carbocycles. The predicted octanol–water partition coefficient (Wildman–Crippen LogP) is 3.49. The number of benzene rings is 1. The van der Waals surface area contributed by atoms with Gasteiger partial charge in [0.05, 0.1) is 23.9 Å².